The molecule has 4 nitrogen and oxygen atoms in total. The fourth-order valence-electron chi connectivity index (χ4n) is 2.55. The van der Waals surface area contributed by atoms with Crippen LogP contribution in [0.15, 0.2) is 53.9 Å². The molecule has 1 aromatic heterocycles. The summed E-state index contributed by atoms with van der Waals surface area (Å²) in [6.45, 7) is 2.85. The molecule has 1 N–H and O–H groups in total. The van der Waals surface area contributed by atoms with Gasteiger partial charge in [-0.05, 0) is 24.6 Å². The number of nitrogens with one attached hydrogen (secondary N) is 1. The van der Waals surface area contributed by atoms with Crippen LogP contribution in [0.1, 0.15) is 23.5 Å². The third-order valence-corrected chi connectivity index (χ3v) is 5.01. The van der Waals surface area contributed by atoms with Gasteiger partial charge >= 0.3 is 0 Å². The minimum absolute atomic E-state index is 0.166. The Hall–Kier alpha value is -2.37. The highest BCUT2D eigenvalue weighted by Crippen LogP contribution is 2.26. The Morgan fingerprint density at radius 3 is 2.36 bits per heavy atom. The highest BCUT2D eigenvalue weighted by Gasteiger charge is 2.12. The molecule has 1 unspecified atom stereocenters. The van der Waals surface area contributed by atoms with Gasteiger partial charge in [-0.1, -0.05) is 30.3 Å². The van der Waals surface area contributed by atoms with Crippen molar-refractivity contribution in [1.29, 1.82) is 0 Å². The predicted octanol–water partition coefficient (Wildman–Crippen LogP) is 4.68. The Labute approximate surface area is 152 Å². The van der Waals surface area contributed by atoms with Crippen LogP contribution in [0.2, 0.25) is 0 Å². The zero-order valence-corrected chi connectivity index (χ0v) is 15.5. The molecule has 0 saturated heterocycles. The molecule has 1 heterocycles. The molecule has 0 aliphatic heterocycles. The number of hydrogen-bond acceptors (Lipinski definition) is 5. The van der Waals surface area contributed by atoms with Gasteiger partial charge in [-0.25, -0.2) is 4.98 Å². The molecule has 0 fully saturated rings. The van der Waals surface area contributed by atoms with Gasteiger partial charge in [-0.3, -0.25) is 0 Å². The fraction of sp³-hybridized carbons (Fsp3) is 0.250. The van der Waals surface area contributed by atoms with Gasteiger partial charge in [0.2, 0.25) is 0 Å². The van der Waals surface area contributed by atoms with Gasteiger partial charge in [0.1, 0.15) is 16.5 Å². The fourth-order valence-corrected chi connectivity index (χ4v) is 3.41. The summed E-state index contributed by atoms with van der Waals surface area (Å²) in [5, 5.41) is 6.71. The monoisotopic (exact) mass is 354 g/mol. The molecule has 1 atom stereocenters. The summed E-state index contributed by atoms with van der Waals surface area (Å²) in [6.07, 6.45) is 0. The Morgan fingerprint density at radius 1 is 1.04 bits per heavy atom. The maximum atomic E-state index is 5.32. The lowest BCUT2D eigenvalue weighted by Gasteiger charge is -2.13. The number of ether oxygens (including phenoxy) is 2. The maximum Gasteiger partial charge on any atom is 0.122 e. The van der Waals surface area contributed by atoms with Gasteiger partial charge < -0.3 is 14.8 Å². The second-order valence-corrected chi connectivity index (χ2v) is 6.65. The van der Waals surface area contributed by atoms with Gasteiger partial charge in [-0.15, -0.1) is 11.3 Å². The quantitative estimate of drug-likeness (QED) is 0.669. The number of hydrogen-bond donors (Lipinski definition) is 1. The highest BCUT2D eigenvalue weighted by atomic mass is 32.1. The lowest BCUT2D eigenvalue weighted by atomic mass is 10.2. The summed E-state index contributed by atoms with van der Waals surface area (Å²) < 4.78 is 10.6. The van der Waals surface area contributed by atoms with Crippen molar-refractivity contribution in [2.75, 3.05) is 14.2 Å². The van der Waals surface area contributed by atoms with Crippen molar-refractivity contribution in [3.63, 3.8) is 0 Å². The molecule has 0 aliphatic rings. The Balaban J connectivity index is 1.67. The summed E-state index contributed by atoms with van der Waals surface area (Å²) in [5.74, 6) is 1.59. The van der Waals surface area contributed by atoms with Gasteiger partial charge in [0.25, 0.3) is 0 Å². The van der Waals surface area contributed by atoms with Crippen molar-refractivity contribution in [3.8, 4) is 22.8 Å². The van der Waals surface area contributed by atoms with E-state index >= 15 is 0 Å². The van der Waals surface area contributed by atoms with E-state index < -0.39 is 0 Å². The Morgan fingerprint density at radius 2 is 1.72 bits per heavy atom. The average molecular weight is 354 g/mol. The van der Waals surface area contributed by atoms with Crippen molar-refractivity contribution in [3.05, 3.63) is 64.5 Å². The highest BCUT2D eigenvalue weighted by molar-refractivity contribution is 7.10. The van der Waals surface area contributed by atoms with E-state index in [2.05, 4.69) is 29.8 Å². The molecule has 25 heavy (non-hydrogen) atoms. The van der Waals surface area contributed by atoms with Crippen molar-refractivity contribution in [1.82, 2.24) is 10.3 Å². The lowest BCUT2D eigenvalue weighted by Crippen LogP contribution is -2.18. The van der Waals surface area contributed by atoms with Gasteiger partial charge in [0.05, 0.1) is 26.0 Å². The van der Waals surface area contributed by atoms with Gasteiger partial charge in [-0.2, -0.15) is 0 Å². The molecule has 0 radical (unpaired) electrons. The van der Waals surface area contributed by atoms with Gasteiger partial charge in [0.15, 0.2) is 0 Å². The minimum atomic E-state index is 0.166. The third kappa shape index (κ3) is 4.38. The topological polar surface area (TPSA) is 43.4 Å². The molecule has 3 aromatic rings. The third-order valence-electron chi connectivity index (χ3n) is 3.99. The molecule has 0 amide bonds. The van der Waals surface area contributed by atoms with Crippen molar-refractivity contribution < 1.29 is 9.47 Å². The summed E-state index contributed by atoms with van der Waals surface area (Å²) in [6, 6.07) is 16.3. The summed E-state index contributed by atoms with van der Waals surface area (Å²) in [5.41, 5.74) is 3.29. The summed E-state index contributed by atoms with van der Waals surface area (Å²) >= 11 is 1.68. The molecule has 0 saturated carbocycles. The number of nitrogens with zero attached hydrogens (tertiary/aromatic N) is 1. The first-order valence-corrected chi connectivity index (χ1v) is 9.03. The number of methoxy groups -OCH3 is 2. The van der Waals surface area contributed by atoms with Crippen LogP contribution in [0.3, 0.4) is 0 Å². The van der Waals surface area contributed by atoms with E-state index in [0.717, 1.165) is 39.9 Å². The zero-order chi connectivity index (χ0) is 17.6. The average Bonchev–Trinajstić information content (AvgIpc) is 3.16. The number of aromatic nitrogens is 1. The van der Waals surface area contributed by atoms with E-state index in [0.29, 0.717) is 0 Å². The first-order valence-electron chi connectivity index (χ1n) is 8.16. The van der Waals surface area contributed by atoms with E-state index in [1.807, 2.05) is 36.4 Å². The molecule has 0 bridgehead atoms. The van der Waals surface area contributed by atoms with Crippen LogP contribution < -0.4 is 14.8 Å². The second-order valence-electron chi connectivity index (χ2n) is 5.76. The van der Waals surface area contributed by atoms with E-state index in [4.69, 9.17) is 14.5 Å². The Kier molecular flexibility index (Phi) is 5.68. The van der Waals surface area contributed by atoms with Crippen LogP contribution in [-0.2, 0) is 6.54 Å². The zero-order valence-electron chi connectivity index (χ0n) is 14.7. The minimum Gasteiger partial charge on any atom is -0.497 e. The van der Waals surface area contributed by atoms with Crippen molar-refractivity contribution in [2.45, 2.75) is 19.5 Å². The largest absolute Gasteiger partial charge is 0.497 e. The van der Waals surface area contributed by atoms with E-state index in [9.17, 15) is 0 Å². The normalized spacial score (nSPS) is 12.0. The van der Waals surface area contributed by atoms with Crippen molar-refractivity contribution in [2.24, 2.45) is 0 Å². The smallest absolute Gasteiger partial charge is 0.122 e. The van der Waals surface area contributed by atoms with Crippen LogP contribution in [0, 0.1) is 0 Å². The molecule has 0 aliphatic carbocycles. The molecule has 2 aromatic carbocycles. The number of benzene rings is 2. The molecule has 5 heteroatoms. The first-order chi connectivity index (χ1) is 12.2. The van der Waals surface area contributed by atoms with Crippen LogP contribution in [0.4, 0.5) is 0 Å². The number of thiazole rings is 1. The summed E-state index contributed by atoms with van der Waals surface area (Å²) in [7, 11) is 3.32. The molecule has 3 rings (SSSR count). The van der Waals surface area contributed by atoms with Crippen LogP contribution in [-0.4, -0.2) is 19.2 Å². The van der Waals surface area contributed by atoms with Crippen LogP contribution in [0.5, 0.6) is 11.5 Å². The molecular weight excluding hydrogens is 332 g/mol. The van der Waals surface area contributed by atoms with Crippen molar-refractivity contribution >= 4 is 11.3 Å². The maximum absolute atomic E-state index is 5.32. The number of rotatable bonds is 7. The first kappa shape index (κ1) is 17.5. The molecular formula is C20H22N2O2S. The Bertz CT molecular complexity index is 795. The second kappa shape index (κ2) is 8.14. The lowest BCUT2D eigenvalue weighted by molar-refractivity contribution is 0.392. The van der Waals surface area contributed by atoms with E-state index in [1.165, 1.54) is 0 Å². The van der Waals surface area contributed by atoms with E-state index in [1.54, 1.807) is 25.6 Å². The predicted molar refractivity (Wildman–Crippen MR) is 102 cm³/mol. The SMILES string of the molecule is COc1cc(CNC(C)c2nc(-c3ccccc3)cs2)cc(OC)c1. The molecule has 130 valence electrons. The van der Waals surface area contributed by atoms with Crippen LogP contribution in [0.25, 0.3) is 11.3 Å². The van der Waals surface area contributed by atoms with Crippen LogP contribution >= 0.6 is 11.3 Å². The standard InChI is InChI=1S/C20H22N2O2S/c1-14(20-22-19(13-25-20)16-7-5-4-6-8-16)21-12-15-9-17(23-2)11-18(10-15)24-3/h4-11,13-14,21H,12H2,1-3H3. The summed E-state index contributed by atoms with van der Waals surface area (Å²) in [4.78, 5) is 4.77. The van der Waals surface area contributed by atoms with E-state index in [-0.39, 0.29) is 6.04 Å². The van der Waals surface area contributed by atoms with Gasteiger partial charge in [0, 0.05) is 23.6 Å². The molecule has 0 spiro atoms.